The van der Waals surface area contributed by atoms with Gasteiger partial charge in [0.05, 0.1) is 17.3 Å². The number of carbonyl (C=O) groups is 2. The monoisotopic (exact) mass is 510 g/mol. The summed E-state index contributed by atoms with van der Waals surface area (Å²) in [6.07, 6.45) is 9.52. The molecule has 0 bridgehead atoms. The zero-order chi connectivity index (χ0) is 23.2. The zero-order valence-corrected chi connectivity index (χ0v) is 20.2. The Morgan fingerprint density at radius 3 is 2.85 bits per heavy atom. The van der Waals surface area contributed by atoms with Gasteiger partial charge in [0.15, 0.2) is 11.5 Å². The Balaban J connectivity index is 1.49. The predicted molar refractivity (Wildman–Crippen MR) is 132 cm³/mol. The summed E-state index contributed by atoms with van der Waals surface area (Å²) in [5.41, 5.74) is 2.77. The first-order valence-corrected chi connectivity index (χ1v) is 11.9. The van der Waals surface area contributed by atoms with E-state index in [-0.39, 0.29) is 24.1 Å². The standard InChI is InChI=1S/C26H27BrN2O4/c1-32-22-12-11-19(15-20(22)27)16-24-26(31)29(21-9-5-6-10-23(21)33-24)17-25(30)28-14-13-18-7-3-2-4-8-18/h5-7,9-12,15-16H,2-4,8,13-14,17H2,1H3,(H,28,30). The normalized spacial score (nSPS) is 16.7. The first-order chi connectivity index (χ1) is 16.0. The molecule has 0 fully saturated rings. The number of hydrogen-bond donors (Lipinski definition) is 1. The molecule has 1 heterocycles. The summed E-state index contributed by atoms with van der Waals surface area (Å²) < 4.78 is 11.9. The first kappa shape index (κ1) is 23.1. The van der Waals surface area contributed by atoms with Crippen molar-refractivity contribution in [3.05, 3.63) is 69.9 Å². The van der Waals surface area contributed by atoms with Crippen LogP contribution in [-0.4, -0.2) is 32.0 Å². The van der Waals surface area contributed by atoms with Crippen LogP contribution in [0, 0.1) is 0 Å². The van der Waals surface area contributed by atoms with E-state index in [0.717, 1.165) is 29.3 Å². The molecule has 33 heavy (non-hydrogen) atoms. The van der Waals surface area contributed by atoms with E-state index in [1.54, 1.807) is 25.3 Å². The van der Waals surface area contributed by atoms with Crippen LogP contribution in [-0.2, 0) is 9.59 Å². The summed E-state index contributed by atoms with van der Waals surface area (Å²) in [5, 5.41) is 2.96. The minimum absolute atomic E-state index is 0.0676. The molecular formula is C26H27BrN2O4. The van der Waals surface area contributed by atoms with E-state index in [9.17, 15) is 9.59 Å². The topological polar surface area (TPSA) is 67.9 Å². The van der Waals surface area contributed by atoms with Crippen molar-refractivity contribution >= 4 is 39.5 Å². The van der Waals surface area contributed by atoms with Gasteiger partial charge < -0.3 is 14.8 Å². The van der Waals surface area contributed by atoms with Gasteiger partial charge in [0.25, 0.3) is 5.91 Å². The summed E-state index contributed by atoms with van der Waals surface area (Å²) in [7, 11) is 1.60. The lowest BCUT2D eigenvalue weighted by molar-refractivity contribution is -0.123. The molecule has 7 heteroatoms. The van der Waals surface area contributed by atoms with Crippen LogP contribution >= 0.6 is 15.9 Å². The van der Waals surface area contributed by atoms with Crippen LogP contribution < -0.4 is 19.7 Å². The molecule has 0 spiro atoms. The van der Waals surface area contributed by atoms with E-state index in [2.05, 4.69) is 27.3 Å². The highest BCUT2D eigenvalue weighted by atomic mass is 79.9. The Morgan fingerprint density at radius 2 is 2.09 bits per heavy atom. The molecule has 1 aliphatic carbocycles. The van der Waals surface area contributed by atoms with Crippen molar-refractivity contribution in [2.45, 2.75) is 32.1 Å². The lowest BCUT2D eigenvalue weighted by Crippen LogP contribution is -2.44. The highest BCUT2D eigenvalue weighted by Gasteiger charge is 2.31. The van der Waals surface area contributed by atoms with Crippen molar-refractivity contribution in [2.75, 3.05) is 25.1 Å². The van der Waals surface area contributed by atoms with Gasteiger partial charge >= 0.3 is 0 Å². The minimum atomic E-state index is -0.356. The summed E-state index contributed by atoms with van der Waals surface area (Å²) in [4.78, 5) is 27.4. The van der Waals surface area contributed by atoms with Gasteiger partial charge in [0, 0.05) is 6.54 Å². The number of anilines is 1. The molecule has 2 aliphatic rings. The van der Waals surface area contributed by atoms with Crippen molar-refractivity contribution in [3.63, 3.8) is 0 Å². The van der Waals surface area contributed by atoms with Gasteiger partial charge in [-0.3, -0.25) is 14.5 Å². The average Bonchev–Trinajstić information content (AvgIpc) is 2.82. The zero-order valence-electron chi connectivity index (χ0n) is 18.6. The fourth-order valence-corrected chi connectivity index (χ4v) is 4.60. The van der Waals surface area contributed by atoms with Crippen molar-refractivity contribution in [1.82, 2.24) is 5.32 Å². The smallest absolute Gasteiger partial charge is 0.294 e. The van der Waals surface area contributed by atoms with Crippen LogP contribution in [0.3, 0.4) is 0 Å². The Hall–Kier alpha value is -3.06. The SMILES string of the molecule is COc1ccc(C=C2Oc3ccccc3N(CC(=O)NCCC3=CCCCC3)C2=O)cc1Br. The molecular weight excluding hydrogens is 484 g/mol. The number of methoxy groups -OCH3 is 1. The number of nitrogens with one attached hydrogen (secondary N) is 1. The number of halogens is 1. The third-order valence-electron chi connectivity index (χ3n) is 5.76. The van der Waals surface area contributed by atoms with Gasteiger partial charge in [0.1, 0.15) is 12.3 Å². The summed E-state index contributed by atoms with van der Waals surface area (Å²) in [6.45, 7) is 0.509. The second-order valence-electron chi connectivity index (χ2n) is 8.07. The second-order valence-corrected chi connectivity index (χ2v) is 8.93. The van der Waals surface area contributed by atoms with Crippen LogP contribution in [0.2, 0.25) is 0 Å². The number of fused-ring (bicyclic) bond motifs is 1. The van der Waals surface area contributed by atoms with E-state index >= 15 is 0 Å². The van der Waals surface area contributed by atoms with Crippen LogP contribution in [0.25, 0.3) is 6.08 Å². The van der Waals surface area contributed by atoms with Gasteiger partial charge in [-0.25, -0.2) is 0 Å². The summed E-state index contributed by atoms with van der Waals surface area (Å²) in [6, 6.07) is 12.7. The molecule has 2 aromatic carbocycles. The lowest BCUT2D eigenvalue weighted by Gasteiger charge is -2.30. The van der Waals surface area contributed by atoms with E-state index in [1.165, 1.54) is 23.3 Å². The molecule has 2 amide bonds. The third kappa shape index (κ3) is 5.66. The maximum absolute atomic E-state index is 13.3. The summed E-state index contributed by atoms with van der Waals surface area (Å²) >= 11 is 3.46. The Kier molecular flexibility index (Phi) is 7.50. The van der Waals surface area contributed by atoms with Gasteiger partial charge in [-0.05, 0) is 83.9 Å². The number of benzene rings is 2. The van der Waals surface area contributed by atoms with Gasteiger partial charge in [-0.1, -0.05) is 29.8 Å². The molecule has 172 valence electrons. The lowest BCUT2D eigenvalue weighted by atomic mass is 9.97. The number of rotatable bonds is 7. The Morgan fingerprint density at radius 1 is 1.24 bits per heavy atom. The number of para-hydroxylation sites is 2. The number of carbonyl (C=O) groups excluding carboxylic acids is 2. The molecule has 2 aromatic rings. The third-order valence-corrected chi connectivity index (χ3v) is 6.38. The molecule has 6 nitrogen and oxygen atoms in total. The molecule has 1 N–H and O–H groups in total. The van der Waals surface area contributed by atoms with Gasteiger partial charge in [-0.15, -0.1) is 0 Å². The highest BCUT2D eigenvalue weighted by molar-refractivity contribution is 9.10. The van der Waals surface area contributed by atoms with Gasteiger partial charge in [-0.2, -0.15) is 0 Å². The molecule has 0 saturated carbocycles. The van der Waals surface area contributed by atoms with Crippen molar-refractivity contribution in [1.29, 1.82) is 0 Å². The molecule has 0 aromatic heterocycles. The fraction of sp³-hybridized carbons (Fsp3) is 0.308. The number of allylic oxidation sites excluding steroid dienone is 1. The molecule has 4 rings (SSSR count). The molecule has 0 saturated heterocycles. The molecule has 0 radical (unpaired) electrons. The predicted octanol–water partition coefficient (Wildman–Crippen LogP) is 5.23. The molecule has 0 atom stereocenters. The second kappa shape index (κ2) is 10.7. The van der Waals surface area contributed by atoms with Crippen LogP contribution in [0.4, 0.5) is 5.69 Å². The fourth-order valence-electron chi connectivity index (χ4n) is 4.04. The quantitative estimate of drug-likeness (QED) is 0.409. The number of ether oxygens (including phenoxy) is 2. The number of nitrogens with zero attached hydrogens (tertiary/aromatic N) is 1. The number of amides is 2. The van der Waals surface area contributed by atoms with Crippen molar-refractivity contribution in [3.8, 4) is 11.5 Å². The Bertz CT molecular complexity index is 1110. The maximum Gasteiger partial charge on any atom is 0.294 e. The van der Waals surface area contributed by atoms with E-state index in [0.29, 0.717) is 23.7 Å². The van der Waals surface area contributed by atoms with Crippen molar-refractivity contribution in [2.24, 2.45) is 0 Å². The van der Waals surface area contributed by atoms with Crippen molar-refractivity contribution < 1.29 is 19.1 Å². The maximum atomic E-state index is 13.3. The Labute approximate surface area is 202 Å². The van der Waals surface area contributed by atoms with E-state index < -0.39 is 0 Å². The number of hydrogen-bond acceptors (Lipinski definition) is 4. The average molecular weight is 511 g/mol. The highest BCUT2D eigenvalue weighted by Crippen LogP contribution is 2.36. The summed E-state index contributed by atoms with van der Waals surface area (Å²) in [5.74, 6) is 0.844. The van der Waals surface area contributed by atoms with Gasteiger partial charge in [0.2, 0.25) is 5.91 Å². The van der Waals surface area contributed by atoms with Crippen LogP contribution in [0.15, 0.2) is 64.3 Å². The van der Waals surface area contributed by atoms with Crippen LogP contribution in [0.1, 0.15) is 37.7 Å². The van der Waals surface area contributed by atoms with E-state index in [4.69, 9.17) is 9.47 Å². The molecule has 1 aliphatic heterocycles. The van der Waals surface area contributed by atoms with Crippen LogP contribution in [0.5, 0.6) is 11.5 Å². The minimum Gasteiger partial charge on any atom is -0.496 e. The first-order valence-electron chi connectivity index (χ1n) is 11.1. The molecule has 0 unspecified atom stereocenters. The largest absolute Gasteiger partial charge is 0.496 e. The van der Waals surface area contributed by atoms with E-state index in [1.807, 2.05) is 30.3 Å².